The quantitative estimate of drug-likeness (QED) is 0.927. The van der Waals surface area contributed by atoms with E-state index in [0.29, 0.717) is 16.6 Å². The summed E-state index contributed by atoms with van der Waals surface area (Å²) in [5.41, 5.74) is 6.00. The minimum atomic E-state index is -0.390. The van der Waals surface area contributed by atoms with E-state index in [1.165, 1.54) is 12.1 Å². The van der Waals surface area contributed by atoms with Gasteiger partial charge in [0.15, 0.2) is 0 Å². The van der Waals surface area contributed by atoms with Crippen molar-refractivity contribution in [3.8, 4) is 0 Å². The summed E-state index contributed by atoms with van der Waals surface area (Å²) in [5.74, 6) is -0.497. The fourth-order valence-corrected chi connectivity index (χ4v) is 2.99. The molecular weight excluding hydrogens is 311 g/mol. The molecule has 104 valence electrons. The number of amides is 1. The number of hydrogen-bond acceptors (Lipinski definition) is 2. The zero-order chi connectivity index (χ0) is 13.8. The minimum Gasteiger partial charge on any atom is -0.336 e. The third-order valence-electron chi connectivity index (χ3n) is 3.55. The van der Waals surface area contributed by atoms with Gasteiger partial charge in [-0.1, -0.05) is 0 Å². The van der Waals surface area contributed by atoms with Gasteiger partial charge in [0.2, 0.25) is 0 Å². The normalized spacial score (nSPS) is 19.5. The van der Waals surface area contributed by atoms with E-state index < -0.39 is 0 Å². The lowest BCUT2D eigenvalue weighted by molar-refractivity contribution is 0.0603. The number of carbonyl (C=O) groups is 1. The van der Waals surface area contributed by atoms with Crippen LogP contribution in [0.2, 0.25) is 0 Å². The first-order chi connectivity index (χ1) is 9.13. The first kappa shape index (κ1) is 14.5. The fourth-order valence-electron chi connectivity index (χ4n) is 2.58. The molecule has 3 nitrogen and oxygen atoms in total. The fraction of sp³-hybridized carbons (Fsp3) is 0.500. The van der Waals surface area contributed by atoms with Gasteiger partial charge in [-0.25, -0.2) is 4.39 Å². The molecule has 0 aromatic heterocycles. The van der Waals surface area contributed by atoms with Crippen molar-refractivity contribution in [3.05, 3.63) is 34.1 Å². The first-order valence-corrected chi connectivity index (χ1v) is 7.39. The summed E-state index contributed by atoms with van der Waals surface area (Å²) < 4.78 is 13.9. The standard InChI is InChI=1S/C14H18BrFN2O/c15-13-5-4-10(16)9-12(13)14(19)18-8-2-1-3-11(18)6-7-17/h4-5,9,11H,1-3,6-8,17H2/t11-/m1/s1. The Balaban J connectivity index is 2.23. The Morgan fingerprint density at radius 1 is 1.47 bits per heavy atom. The smallest absolute Gasteiger partial charge is 0.255 e. The Hall–Kier alpha value is -0.940. The number of hydrogen-bond donors (Lipinski definition) is 1. The average Bonchev–Trinajstić information content (AvgIpc) is 2.42. The number of halogens is 2. The van der Waals surface area contributed by atoms with Gasteiger partial charge < -0.3 is 10.6 Å². The molecule has 0 saturated carbocycles. The summed E-state index contributed by atoms with van der Waals surface area (Å²) >= 11 is 3.32. The van der Waals surface area contributed by atoms with Crippen molar-refractivity contribution in [1.82, 2.24) is 4.90 Å². The number of likely N-dealkylation sites (tertiary alicyclic amines) is 1. The van der Waals surface area contributed by atoms with Crippen molar-refractivity contribution in [2.24, 2.45) is 5.73 Å². The van der Waals surface area contributed by atoms with Crippen molar-refractivity contribution < 1.29 is 9.18 Å². The molecule has 2 rings (SSSR count). The number of nitrogens with zero attached hydrogens (tertiary/aromatic N) is 1. The number of rotatable bonds is 3. The van der Waals surface area contributed by atoms with Crippen LogP contribution >= 0.6 is 15.9 Å². The highest BCUT2D eigenvalue weighted by Gasteiger charge is 2.28. The predicted octanol–water partition coefficient (Wildman–Crippen LogP) is 2.93. The van der Waals surface area contributed by atoms with E-state index in [1.807, 2.05) is 4.90 Å². The van der Waals surface area contributed by atoms with E-state index in [1.54, 1.807) is 6.07 Å². The highest BCUT2D eigenvalue weighted by Crippen LogP contribution is 2.25. The zero-order valence-corrected chi connectivity index (χ0v) is 12.3. The van der Waals surface area contributed by atoms with Crippen LogP contribution in [0.15, 0.2) is 22.7 Å². The van der Waals surface area contributed by atoms with Gasteiger partial charge in [-0.05, 0) is 66.4 Å². The summed E-state index contributed by atoms with van der Waals surface area (Å²) in [6, 6.07) is 4.39. The van der Waals surface area contributed by atoms with E-state index in [-0.39, 0.29) is 17.8 Å². The molecule has 1 heterocycles. The SMILES string of the molecule is NCC[C@H]1CCCCN1C(=O)c1cc(F)ccc1Br. The number of nitrogens with two attached hydrogens (primary N) is 1. The van der Waals surface area contributed by atoms with E-state index in [0.717, 1.165) is 32.2 Å². The molecule has 19 heavy (non-hydrogen) atoms. The lowest BCUT2D eigenvalue weighted by atomic mass is 9.98. The van der Waals surface area contributed by atoms with E-state index >= 15 is 0 Å². The summed E-state index contributed by atoms with van der Waals surface area (Å²) in [7, 11) is 0. The van der Waals surface area contributed by atoms with Crippen LogP contribution in [0.3, 0.4) is 0 Å². The van der Waals surface area contributed by atoms with Crippen LogP contribution < -0.4 is 5.73 Å². The van der Waals surface area contributed by atoms with Crippen LogP contribution in [0.25, 0.3) is 0 Å². The van der Waals surface area contributed by atoms with Crippen molar-refractivity contribution in [1.29, 1.82) is 0 Å². The Labute approximate surface area is 121 Å². The van der Waals surface area contributed by atoms with Crippen LogP contribution in [-0.2, 0) is 0 Å². The Morgan fingerprint density at radius 2 is 2.26 bits per heavy atom. The topological polar surface area (TPSA) is 46.3 Å². The predicted molar refractivity (Wildman–Crippen MR) is 76.4 cm³/mol. The maximum Gasteiger partial charge on any atom is 0.255 e. The molecule has 1 aromatic carbocycles. The Kier molecular flexibility index (Phi) is 4.93. The average molecular weight is 329 g/mol. The highest BCUT2D eigenvalue weighted by molar-refractivity contribution is 9.10. The van der Waals surface area contributed by atoms with Gasteiger partial charge in [-0.2, -0.15) is 0 Å². The van der Waals surface area contributed by atoms with E-state index in [2.05, 4.69) is 15.9 Å². The summed E-state index contributed by atoms with van der Waals surface area (Å²) in [4.78, 5) is 14.4. The third-order valence-corrected chi connectivity index (χ3v) is 4.24. The molecule has 5 heteroatoms. The summed E-state index contributed by atoms with van der Waals surface area (Å²) in [6.07, 6.45) is 3.91. The minimum absolute atomic E-state index is 0.107. The maximum atomic E-state index is 13.3. The van der Waals surface area contributed by atoms with Gasteiger partial charge in [0.1, 0.15) is 5.82 Å². The Bertz CT molecular complexity index is 465. The van der Waals surface area contributed by atoms with Crippen LogP contribution in [0.1, 0.15) is 36.0 Å². The highest BCUT2D eigenvalue weighted by atomic mass is 79.9. The summed E-state index contributed by atoms with van der Waals surface area (Å²) in [6.45, 7) is 1.30. The van der Waals surface area contributed by atoms with Gasteiger partial charge in [-0.15, -0.1) is 0 Å². The molecule has 1 aliphatic rings. The second-order valence-corrected chi connectivity index (χ2v) is 5.70. The zero-order valence-electron chi connectivity index (χ0n) is 10.7. The van der Waals surface area contributed by atoms with Crippen molar-refractivity contribution in [2.75, 3.05) is 13.1 Å². The number of piperidine rings is 1. The molecule has 2 N–H and O–H groups in total. The van der Waals surface area contributed by atoms with Crippen LogP contribution in [0.4, 0.5) is 4.39 Å². The van der Waals surface area contributed by atoms with Crippen LogP contribution in [0.5, 0.6) is 0 Å². The molecule has 1 aromatic rings. The molecule has 1 amide bonds. The third kappa shape index (κ3) is 3.34. The molecule has 0 spiro atoms. The molecule has 1 aliphatic heterocycles. The largest absolute Gasteiger partial charge is 0.336 e. The molecule has 1 saturated heterocycles. The molecule has 1 atom stereocenters. The lowest BCUT2D eigenvalue weighted by Gasteiger charge is -2.36. The maximum absolute atomic E-state index is 13.3. The van der Waals surface area contributed by atoms with Gasteiger partial charge in [-0.3, -0.25) is 4.79 Å². The molecule has 0 bridgehead atoms. The lowest BCUT2D eigenvalue weighted by Crippen LogP contribution is -2.44. The van der Waals surface area contributed by atoms with Gasteiger partial charge in [0.25, 0.3) is 5.91 Å². The van der Waals surface area contributed by atoms with Gasteiger partial charge in [0, 0.05) is 17.1 Å². The van der Waals surface area contributed by atoms with Crippen LogP contribution in [0, 0.1) is 5.82 Å². The molecule has 0 unspecified atom stereocenters. The number of benzene rings is 1. The molecule has 0 aliphatic carbocycles. The van der Waals surface area contributed by atoms with Gasteiger partial charge >= 0.3 is 0 Å². The van der Waals surface area contributed by atoms with Crippen molar-refractivity contribution >= 4 is 21.8 Å². The number of carbonyl (C=O) groups excluding carboxylic acids is 1. The van der Waals surface area contributed by atoms with Crippen LogP contribution in [-0.4, -0.2) is 29.9 Å². The van der Waals surface area contributed by atoms with E-state index in [9.17, 15) is 9.18 Å². The molecule has 1 fully saturated rings. The van der Waals surface area contributed by atoms with E-state index in [4.69, 9.17) is 5.73 Å². The van der Waals surface area contributed by atoms with Gasteiger partial charge in [0.05, 0.1) is 5.56 Å². The Morgan fingerprint density at radius 3 is 3.00 bits per heavy atom. The first-order valence-electron chi connectivity index (χ1n) is 6.59. The molecule has 0 radical (unpaired) electrons. The second kappa shape index (κ2) is 6.48. The van der Waals surface area contributed by atoms with Crippen molar-refractivity contribution in [3.63, 3.8) is 0 Å². The molecular formula is C14H18BrFN2O. The van der Waals surface area contributed by atoms with Crippen molar-refractivity contribution in [2.45, 2.75) is 31.7 Å². The second-order valence-electron chi connectivity index (χ2n) is 4.85. The summed E-state index contributed by atoms with van der Waals surface area (Å²) in [5, 5.41) is 0. The monoisotopic (exact) mass is 328 g/mol.